The number of hydrogen-bond donors (Lipinski definition) is 0. The summed E-state index contributed by atoms with van der Waals surface area (Å²) in [4.78, 5) is 14.9. The number of hydrogen-bond acceptors (Lipinski definition) is 3. The van der Waals surface area contributed by atoms with Gasteiger partial charge >= 0.3 is 5.97 Å². The fourth-order valence-corrected chi connectivity index (χ4v) is 1.85. The van der Waals surface area contributed by atoms with E-state index >= 15 is 0 Å². The minimum atomic E-state index is -2.66. The molecule has 1 aromatic heterocycles. The van der Waals surface area contributed by atoms with Crippen LogP contribution in [0.5, 0.6) is 0 Å². The van der Waals surface area contributed by atoms with Gasteiger partial charge in [-0.15, -0.1) is 0 Å². The molecule has 0 spiro atoms. The summed E-state index contributed by atoms with van der Waals surface area (Å²) in [5, 5.41) is 0. The maximum absolute atomic E-state index is 12.6. The lowest BCUT2D eigenvalue weighted by Gasteiger charge is -2.09. The predicted molar refractivity (Wildman–Crippen MR) is 53.0 cm³/mol. The first-order chi connectivity index (χ1) is 6.99. The van der Waals surface area contributed by atoms with Crippen LogP contribution in [0.4, 0.5) is 8.78 Å². The van der Waals surface area contributed by atoms with E-state index in [9.17, 15) is 13.6 Å². The smallest absolute Gasteiger partial charge is 0.357 e. The zero-order valence-electron chi connectivity index (χ0n) is 8.05. The van der Waals surface area contributed by atoms with Gasteiger partial charge in [-0.1, -0.05) is 0 Å². The molecule has 0 saturated heterocycles. The second-order valence-corrected chi connectivity index (χ2v) is 3.60. The molecule has 0 aliphatic carbocycles. The van der Waals surface area contributed by atoms with Gasteiger partial charge in [0.15, 0.2) is 5.69 Å². The summed E-state index contributed by atoms with van der Waals surface area (Å²) in [5.74, 6) is -0.747. The van der Waals surface area contributed by atoms with Crippen molar-refractivity contribution in [2.75, 3.05) is 7.11 Å². The van der Waals surface area contributed by atoms with Gasteiger partial charge < -0.3 is 4.74 Å². The fourth-order valence-electron chi connectivity index (χ4n) is 1.10. The van der Waals surface area contributed by atoms with Gasteiger partial charge in [0, 0.05) is 11.8 Å². The topological polar surface area (TPSA) is 39.2 Å². The number of carbonyl (C=O) groups excluding carboxylic acids is 1. The van der Waals surface area contributed by atoms with Crippen LogP contribution in [0, 0.1) is 6.92 Å². The number of aromatic nitrogens is 1. The van der Waals surface area contributed by atoms with Crippen LogP contribution in [-0.4, -0.2) is 18.1 Å². The quantitative estimate of drug-likeness (QED) is 0.782. The molecule has 0 atom stereocenters. The van der Waals surface area contributed by atoms with Crippen molar-refractivity contribution in [3.63, 3.8) is 0 Å². The van der Waals surface area contributed by atoms with Gasteiger partial charge in [0.05, 0.1) is 11.6 Å². The highest BCUT2D eigenvalue weighted by molar-refractivity contribution is 9.10. The highest BCUT2D eigenvalue weighted by Crippen LogP contribution is 2.31. The van der Waals surface area contributed by atoms with Crippen LogP contribution in [0.15, 0.2) is 10.7 Å². The van der Waals surface area contributed by atoms with E-state index in [1.54, 1.807) is 0 Å². The second-order valence-electron chi connectivity index (χ2n) is 2.81. The Morgan fingerprint density at radius 1 is 1.60 bits per heavy atom. The molecule has 6 heteroatoms. The van der Waals surface area contributed by atoms with Crippen LogP contribution in [0.1, 0.15) is 28.0 Å². The van der Waals surface area contributed by atoms with Crippen molar-refractivity contribution in [3.8, 4) is 0 Å². The Hall–Kier alpha value is -1.04. The van der Waals surface area contributed by atoms with Gasteiger partial charge in [-0.2, -0.15) is 0 Å². The van der Waals surface area contributed by atoms with Gasteiger partial charge in [0.2, 0.25) is 0 Å². The van der Waals surface area contributed by atoms with Crippen molar-refractivity contribution in [1.82, 2.24) is 4.98 Å². The molecular weight excluding hydrogens is 272 g/mol. The van der Waals surface area contributed by atoms with Crippen molar-refractivity contribution in [3.05, 3.63) is 27.5 Å². The Morgan fingerprint density at radius 3 is 2.67 bits per heavy atom. The van der Waals surface area contributed by atoms with Crippen molar-refractivity contribution >= 4 is 21.9 Å². The summed E-state index contributed by atoms with van der Waals surface area (Å²) in [5.41, 5.74) is -0.0478. The van der Waals surface area contributed by atoms with Gasteiger partial charge in [-0.25, -0.2) is 18.6 Å². The molecule has 0 bridgehead atoms. The number of methoxy groups -OCH3 is 1. The molecule has 0 aromatic carbocycles. The third-order valence-electron chi connectivity index (χ3n) is 1.85. The number of aryl methyl sites for hydroxylation is 1. The summed E-state index contributed by atoms with van der Waals surface area (Å²) in [7, 11) is 1.17. The number of esters is 1. The third-order valence-corrected chi connectivity index (χ3v) is 2.66. The standard InChI is InChI=1S/C9H8BrF2NO2/c1-4-3-13-7(9(14)15-2)6(10)5(4)8(11)12/h3,8H,1-2H3. The van der Waals surface area contributed by atoms with E-state index in [2.05, 4.69) is 25.7 Å². The lowest BCUT2D eigenvalue weighted by atomic mass is 10.1. The Labute approximate surface area is 93.6 Å². The molecule has 82 valence electrons. The van der Waals surface area contributed by atoms with Crippen molar-refractivity contribution < 1.29 is 18.3 Å². The molecule has 1 heterocycles. The number of ether oxygens (including phenoxy) is 1. The zero-order chi connectivity index (χ0) is 11.6. The second kappa shape index (κ2) is 4.65. The minimum absolute atomic E-state index is 0.00986. The molecule has 3 nitrogen and oxygen atoms in total. The Kier molecular flexibility index (Phi) is 3.73. The average Bonchev–Trinajstić information content (AvgIpc) is 2.16. The number of carbonyl (C=O) groups is 1. The Bertz CT molecular complexity index is 396. The molecule has 0 unspecified atom stereocenters. The lowest BCUT2D eigenvalue weighted by Crippen LogP contribution is -2.08. The number of rotatable bonds is 2. The van der Waals surface area contributed by atoms with Gasteiger partial charge in [0.25, 0.3) is 6.43 Å². The first kappa shape index (κ1) is 12.0. The highest BCUT2D eigenvalue weighted by Gasteiger charge is 2.22. The maximum Gasteiger partial charge on any atom is 0.357 e. The highest BCUT2D eigenvalue weighted by atomic mass is 79.9. The summed E-state index contributed by atoms with van der Waals surface area (Å²) in [6, 6.07) is 0. The summed E-state index contributed by atoms with van der Waals surface area (Å²) < 4.78 is 29.7. The normalized spacial score (nSPS) is 10.5. The molecule has 0 saturated carbocycles. The average molecular weight is 280 g/mol. The predicted octanol–water partition coefficient (Wildman–Crippen LogP) is 2.88. The van der Waals surface area contributed by atoms with Crippen LogP contribution in [0.25, 0.3) is 0 Å². The van der Waals surface area contributed by atoms with E-state index < -0.39 is 12.4 Å². The van der Waals surface area contributed by atoms with Crippen LogP contribution in [0.3, 0.4) is 0 Å². The number of halogens is 3. The molecular formula is C9H8BrF2NO2. The minimum Gasteiger partial charge on any atom is -0.464 e. The van der Waals surface area contributed by atoms with E-state index in [0.717, 1.165) is 0 Å². The van der Waals surface area contributed by atoms with Gasteiger partial charge in [-0.05, 0) is 28.4 Å². The number of nitrogens with zero attached hydrogens (tertiary/aromatic N) is 1. The van der Waals surface area contributed by atoms with Crippen molar-refractivity contribution in [2.24, 2.45) is 0 Å². The van der Waals surface area contributed by atoms with Crippen molar-refractivity contribution in [1.29, 1.82) is 0 Å². The largest absolute Gasteiger partial charge is 0.464 e. The Morgan fingerprint density at radius 2 is 2.20 bits per heavy atom. The van der Waals surface area contributed by atoms with E-state index in [4.69, 9.17) is 0 Å². The molecule has 0 N–H and O–H groups in total. The van der Waals surface area contributed by atoms with Crippen LogP contribution in [-0.2, 0) is 4.74 Å². The molecule has 0 aliphatic rings. The molecule has 0 radical (unpaired) electrons. The molecule has 0 fully saturated rings. The summed E-state index contributed by atoms with van der Waals surface area (Å²) in [6.07, 6.45) is -1.44. The van der Waals surface area contributed by atoms with Crippen LogP contribution >= 0.6 is 15.9 Å². The van der Waals surface area contributed by atoms with Crippen molar-refractivity contribution in [2.45, 2.75) is 13.3 Å². The van der Waals surface area contributed by atoms with Crippen LogP contribution < -0.4 is 0 Å². The molecule has 1 aromatic rings. The summed E-state index contributed by atoms with van der Waals surface area (Å²) >= 11 is 2.93. The van der Waals surface area contributed by atoms with E-state index in [-0.39, 0.29) is 15.7 Å². The van der Waals surface area contributed by atoms with Crippen LogP contribution in [0.2, 0.25) is 0 Å². The molecule has 0 aliphatic heterocycles. The fraction of sp³-hybridized carbons (Fsp3) is 0.333. The monoisotopic (exact) mass is 279 g/mol. The maximum atomic E-state index is 12.6. The molecule has 15 heavy (non-hydrogen) atoms. The van der Waals surface area contributed by atoms with Gasteiger partial charge in [-0.3, -0.25) is 0 Å². The number of alkyl halides is 2. The number of pyridine rings is 1. The summed E-state index contributed by atoms with van der Waals surface area (Å²) in [6.45, 7) is 1.50. The first-order valence-electron chi connectivity index (χ1n) is 4.00. The molecule has 1 rings (SSSR count). The zero-order valence-corrected chi connectivity index (χ0v) is 9.64. The van der Waals surface area contributed by atoms with E-state index in [0.29, 0.717) is 5.56 Å². The molecule has 0 amide bonds. The lowest BCUT2D eigenvalue weighted by molar-refractivity contribution is 0.0592. The van der Waals surface area contributed by atoms with Gasteiger partial charge in [0.1, 0.15) is 0 Å². The van der Waals surface area contributed by atoms with E-state index in [1.165, 1.54) is 20.2 Å². The third kappa shape index (κ3) is 2.31. The Balaban J connectivity index is 3.35. The first-order valence-corrected chi connectivity index (χ1v) is 4.79. The SMILES string of the molecule is COC(=O)c1ncc(C)c(C(F)F)c1Br. The van der Waals surface area contributed by atoms with E-state index in [1.807, 2.05) is 0 Å².